The summed E-state index contributed by atoms with van der Waals surface area (Å²) < 4.78 is 0. The summed E-state index contributed by atoms with van der Waals surface area (Å²) in [5.41, 5.74) is 4.97. The van der Waals surface area contributed by atoms with Gasteiger partial charge < -0.3 is 10.7 Å². The third-order valence-corrected chi connectivity index (χ3v) is 3.42. The minimum atomic E-state index is -0.125. The minimum Gasteiger partial charge on any atom is -0.348 e. The SMILES string of the molecule is CCc1cc(C(=O)NCc2ccsc2)cc(NN)n1. The summed E-state index contributed by atoms with van der Waals surface area (Å²) in [6.45, 7) is 2.51. The van der Waals surface area contributed by atoms with Crippen LogP contribution in [-0.2, 0) is 13.0 Å². The molecule has 19 heavy (non-hydrogen) atoms. The van der Waals surface area contributed by atoms with Gasteiger partial charge in [-0.25, -0.2) is 10.8 Å². The summed E-state index contributed by atoms with van der Waals surface area (Å²) in [6.07, 6.45) is 0.750. The monoisotopic (exact) mass is 276 g/mol. The summed E-state index contributed by atoms with van der Waals surface area (Å²) >= 11 is 1.61. The maximum absolute atomic E-state index is 12.1. The molecule has 2 rings (SSSR count). The van der Waals surface area contributed by atoms with Gasteiger partial charge in [0.1, 0.15) is 5.82 Å². The number of aromatic nitrogens is 1. The maximum atomic E-state index is 12.1. The molecule has 0 fully saturated rings. The maximum Gasteiger partial charge on any atom is 0.251 e. The van der Waals surface area contributed by atoms with Gasteiger partial charge in [-0.05, 0) is 40.9 Å². The van der Waals surface area contributed by atoms with E-state index < -0.39 is 0 Å². The highest BCUT2D eigenvalue weighted by Gasteiger charge is 2.09. The lowest BCUT2D eigenvalue weighted by molar-refractivity contribution is 0.0951. The molecule has 0 unspecified atom stereocenters. The van der Waals surface area contributed by atoms with Crippen LogP contribution in [0.25, 0.3) is 0 Å². The van der Waals surface area contributed by atoms with Crippen LogP contribution < -0.4 is 16.6 Å². The van der Waals surface area contributed by atoms with Crippen LogP contribution in [0.3, 0.4) is 0 Å². The lowest BCUT2D eigenvalue weighted by Crippen LogP contribution is -2.23. The number of amides is 1. The van der Waals surface area contributed by atoms with E-state index in [0.717, 1.165) is 17.7 Å². The minimum absolute atomic E-state index is 0.125. The normalized spacial score (nSPS) is 10.2. The van der Waals surface area contributed by atoms with Gasteiger partial charge in [0.25, 0.3) is 5.91 Å². The molecule has 6 heteroatoms. The number of nitrogens with two attached hydrogens (primary N) is 1. The van der Waals surface area contributed by atoms with Gasteiger partial charge in [0.2, 0.25) is 0 Å². The second-order valence-electron chi connectivity index (χ2n) is 4.04. The Bertz CT molecular complexity index is 532. The zero-order valence-electron chi connectivity index (χ0n) is 10.6. The standard InChI is InChI=1S/C13H16N4OS/c1-2-11-5-10(6-12(16-11)17-14)13(18)15-7-9-3-4-19-8-9/h3-6,8H,2,7,14H2,1H3,(H,15,18)(H,16,17). The molecule has 0 atom stereocenters. The predicted molar refractivity (Wildman–Crippen MR) is 76.9 cm³/mol. The fourth-order valence-electron chi connectivity index (χ4n) is 1.65. The Hall–Kier alpha value is -1.92. The van der Waals surface area contributed by atoms with Crippen LogP contribution in [0.15, 0.2) is 29.0 Å². The Balaban J connectivity index is 2.09. The molecule has 4 N–H and O–H groups in total. The average molecular weight is 276 g/mol. The number of nitrogens with one attached hydrogen (secondary N) is 2. The largest absolute Gasteiger partial charge is 0.348 e. The van der Waals surface area contributed by atoms with E-state index >= 15 is 0 Å². The summed E-state index contributed by atoms with van der Waals surface area (Å²) in [4.78, 5) is 16.3. The topological polar surface area (TPSA) is 80.0 Å². The predicted octanol–water partition coefficient (Wildman–Crippen LogP) is 1.92. The Kier molecular flexibility index (Phi) is 4.48. The first-order valence-corrected chi connectivity index (χ1v) is 6.94. The van der Waals surface area contributed by atoms with Crippen LogP contribution in [0.2, 0.25) is 0 Å². The number of hydrogen-bond acceptors (Lipinski definition) is 5. The smallest absolute Gasteiger partial charge is 0.251 e. The number of pyridine rings is 1. The molecule has 0 aliphatic rings. The fourth-order valence-corrected chi connectivity index (χ4v) is 2.32. The second kappa shape index (κ2) is 6.31. The molecule has 100 valence electrons. The molecule has 2 heterocycles. The molecule has 0 saturated carbocycles. The van der Waals surface area contributed by atoms with Gasteiger partial charge in [-0.3, -0.25) is 4.79 Å². The van der Waals surface area contributed by atoms with E-state index in [9.17, 15) is 4.79 Å². The van der Waals surface area contributed by atoms with Crippen molar-refractivity contribution in [2.24, 2.45) is 5.84 Å². The molecule has 0 aliphatic heterocycles. The van der Waals surface area contributed by atoms with Crippen molar-refractivity contribution in [3.05, 3.63) is 45.8 Å². The highest BCUT2D eigenvalue weighted by molar-refractivity contribution is 7.07. The molecular weight excluding hydrogens is 260 g/mol. The summed E-state index contributed by atoms with van der Waals surface area (Å²) in [5.74, 6) is 5.73. The molecule has 2 aromatic rings. The van der Waals surface area contributed by atoms with Crippen LogP contribution in [-0.4, -0.2) is 10.9 Å². The van der Waals surface area contributed by atoms with Crippen molar-refractivity contribution >= 4 is 23.1 Å². The summed E-state index contributed by atoms with van der Waals surface area (Å²) in [5, 5.41) is 6.87. The van der Waals surface area contributed by atoms with Crippen molar-refractivity contribution in [3.8, 4) is 0 Å². The van der Waals surface area contributed by atoms with Crippen molar-refractivity contribution < 1.29 is 4.79 Å². The molecule has 0 aliphatic carbocycles. The number of carbonyl (C=O) groups is 1. The van der Waals surface area contributed by atoms with E-state index in [4.69, 9.17) is 5.84 Å². The Morgan fingerprint density at radius 3 is 2.95 bits per heavy atom. The van der Waals surface area contributed by atoms with Crippen LogP contribution in [0.1, 0.15) is 28.5 Å². The first-order chi connectivity index (χ1) is 9.22. The molecule has 0 bridgehead atoms. The van der Waals surface area contributed by atoms with Gasteiger partial charge in [0, 0.05) is 17.8 Å². The zero-order chi connectivity index (χ0) is 13.7. The quantitative estimate of drug-likeness (QED) is 0.576. The van der Waals surface area contributed by atoms with Gasteiger partial charge in [-0.2, -0.15) is 11.3 Å². The van der Waals surface area contributed by atoms with Gasteiger partial charge >= 0.3 is 0 Å². The highest BCUT2D eigenvalue weighted by atomic mass is 32.1. The number of thiophene rings is 1. The van der Waals surface area contributed by atoms with E-state index in [0.29, 0.717) is 17.9 Å². The summed E-state index contributed by atoms with van der Waals surface area (Å²) in [7, 11) is 0. The third-order valence-electron chi connectivity index (χ3n) is 2.68. The van der Waals surface area contributed by atoms with Crippen molar-refractivity contribution in [3.63, 3.8) is 0 Å². The number of anilines is 1. The zero-order valence-corrected chi connectivity index (χ0v) is 11.5. The number of hydrogen-bond donors (Lipinski definition) is 3. The number of aryl methyl sites for hydroxylation is 1. The molecule has 2 aromatic heterocycles. The molecule has 1 amide bonds. The van der Waals surface area contributed by atoms with Crippen molar-refractivity contribution in [1.82, 2.24) is 10.3 Å². The van der Waals surface area contributed by atoms with Crippen LogP contribution in [0.4, 0.5) is 5.82 Å². The van der Waals surface area contributed by atoms with E-state index in [1.54, 1.807) is 23.5 Å². The molecule has 0 aromatic carbocycles. The lowest BCUT2D eigenvalue weighted by Gasteiger charge is -2.08. The lowest BCUT2D eigenvalue weighted by atomic mass is 10.2. The number of nitrogen functional groups attached to an aromatic ring is 1. The van der Waals surface area contributed by atoms with Gasteiger partial charge in [-0.1, -0.05) is 6.92 Å². The van der Waals surface area contributed by atoms with Gasteiger partial charge in [0.05, 0.1) is 0 Å². The molecule has 0 saturated heterocycles. The number of nitrogens with zero attached hydrogens (tertiary/aromatic N) is 1. The van der Waals surface area contributed by atoms with Crippen LogP contribution >= 0.6 is 11.3 Å². The molecule has 0 radical (unpaired) electrons. The highest BCUT2D eigenvalue weighted by Crippen LogP contribution is 2.11. The van der Waals surface area contributed by atoms with Crippen LogP contribution in [0, 0.1) is 0 Å². The summed E-state index contributed by atoms with van der Waals surface area (Å²) in [6, 6.07) is 5.41. The van der Waals surface area contributed by atoms with E-state index in [1.165, 1.54) is 0 Å². The average Bonchev–Trinajstić information content (AvgIpc) is 2.97. The Labute approximate surface area is 115 Å². The van der Waals surface area contributed by atoms with Crippen molar-refractivity contribution in [1.29, 1.82) is 0 Å². The van der Waals surface area contributed by atoms with Gasteiger partial charge in [-0.15, -0.1) is 0 Å². The molecule has 0 spiro atoms. The second-order valence-corrected chi connectivity index (χ2v) is 4.82. The first-order valence-electron chi connectivity index (χ1n) is 5.99. The Morgan fingerprint density at radius 1 is 1.47 bits per heavy atom. The van der Waals surface area contributed by atoms with E-state index in [2.05, 4.69) is 15.7 Å². The van der Waals surface area contributed by atoms with Crippen molar-refractivity contribution in [2.75, 3.05) is 5.43 Å². The Morgan fingerprint density at radius 2 is 2.32 bits per heavy atom. The van der Waals surface area contributed by atoms with E-state index in [1.807, 2.05) is 23.8 Å². The third kappa shape index (κ3) is 3.52. The van der Waals surface area contributed by atoms with Gasteiger partial charge in [0.15, 0.2) is 0 Å². The first kappa shape index (κ1) is 13.5. The molecule has 5 nitrogen and oxygen atoms in total. The van der Waals surface area contributed by atoms with E-state index in [-0.39, 0.29) is 5.91 Å². The van der Waals surface area contributed by atoms with Crippen LogP contribution in [0.5, 0.6) is 0 Å². The fraction of sp³-hybridized carbons (Fsp3) is 0.231. The number of carbonyl (C=O) groups excluding carboxylic acids is 1. The van der Waals surface area contributed by atoms with Crippen molar-refractivity contribution in [2.45, 2.75) is 19.9 Å². The number of rotatable bonds is 5. The molecular formula is C13H16N4OS. The number of hydrazine groups is 1.